The average Bonchev–Trinajstić information content (AvgIpc) is 2.61. The number of nitrogens with one attached hydrogen (secondary N) is 2. The lowest BCUT2D eigenvalue weighted by atomic mass is 10.1. The van der Waals surface area contributed by atoms with E-state index in [0.717, 1.165) is 35.1 Å². The van der Waals surface area contributed by atoms with E-state index in [1.54, 1.807) is 24.4 Å². The number of halogens is 3. The topological polar surface area (TPSA) is 48.8 Å². The monoisotopic (exact) mass is 422 g/mol. The van der Waals surface area contributed by atoms with Gasteiger partial charge in [-0.1, -0.05) is 29.3 Å². The highest BCUT2D eigenvalue weighted by molar-refractivity contribution is 8.29. The minimum atomic E-state index is -0.265. The molecule has 140 valence electrons. The minimum absolute atomic E-state index is 0.265. The minimum Gasteiger partial charge on any atom is -0.387 e. The highest BCUT2D eigenvalue weighted by Gasteiger charge is 2.16. The molecule has 2 N–H and O–H groups in total. The van der Waals surface area contributed by atoms with Crippen molar-refractivity contribution >= 4 is 51.0 Å². The molecule has 8 heteroatoms. The maximum absolute atomic E-state index is 12.9. The zero-order valence-electron chi connectivity index (χ0n) is 14.5. The summed E-state index contributed by atoms with van der Waals surface area (Å²) in [5.41, 5.74) is 2.85. The van der Waals surface area contributed by atoms with E-state index >= 15 is 0 Å². The van der Waals surface area contributed by atoms with Crippen molar-refractivity contribution in [2.24, 2.45) is 9.98 Å². The highest BCUT2D eigenvalue weighted by atomic mass is 35.5. The Hall–Kier alpha value is -2.02. The van der Waals surface area contributed by atoms with Gasteiger partial charge in [0.05, 0.1) is 10.0 Å². The molecule has 0 aliphatic carbocycles. The van der Waals surface area contributed by atoms with Gasteiger partial charge in [-0.2, -0.15) is 4.99 Å². The van der Waals surface area contributed by atoms with Crippen molar-refractivity contribution in [1.29, 1.82) is 0 Å². The van der Waals surface area contributed by atoms with Crippen molar-refractivity contribution in [1.82, 2.24) is 5.32 Å². The van der Waals surface area contributed by atoms with Crippen molar-refractivity contribution in [2.75, 3.05) is 11.9 Å². The zero-order valence-corrected chi connectivity index (χ0v) is 16.8. The van der Waals surface area contributed by atoms with Crippen LogP contribution < -0.4 is 10.6 Å². The van der Waals surface area contributed by atoms with Crippen LogP contribution in [0.3, 0.4) is 0 Å². The standard InChI is InChI=1S/C19H17Cl2FN4S/c1-12(23-9-8-13-2-7-16(20)17(21)10-13)11-24-18-26-19(27-18)25-15-5-3-14(22)4-6-15/h2-7,10-11,23H,8-9H2,1H3,(H,24,25,26). The van der Waals surface area contributed by atoms with E-state index in [1.165, 1.54) is 23.9 Å². The SMILES string of the molecule is CC(=CN=C1N=C(Nc2ccc(F)cc2)S1)NCCc1ccc(Cl)c(Cl)c1. The molecule has 0 spiro atoms. The zero-order chi connectivity index (χ0) is 19.2. The van der Waals surface area contributed by atoms with E-state index in [-0.39, 0.29) is 5.82 Å². The second kappa shape index (κ2) is 9.26. The lowest BCUT2D eigenvalue weighted by Gasteiger charge is -2.15. The second-order valence-corrected chi connectivity index (χ2v) is 7.57. The molecule has 1 heterocycles. The predicted molar refractivity (Wildman–Crippen MR) is 114 cm³/mol. The fraction of sp³-hybridized carbons (Fsp3) is 0.158. The van der Waals surface area contributed by atoms with Crippen LogP contribution in [-0.2, 0) is 6.42 Å². The lowest BCUT2D eigenvalue weighted by molar-refractivity contribution is 0.628. The number of allylic oxidation sites excluding steroid dienone is 1. The first-order valence-corrected chi connectivity index (χ1v) is 9.78. The smallest absolute Gasteiger partial charge is 0.197 e. The number of hydrogen-bond donors (Lipinski definition) is 2. The maximum Gasteiger partial charge on any atom is 0.197 e. The van der Waals surface area contributed by atoms with E-state index in [2.05, 4.69) is 20.6 Å². The molecular formula is C19H17Cl2FN4S. The van der Waals surface area contributed by atoms with E-state index in [9.17, 15) is 4.39 Å². The first-order valence-electron chi connectivity index (χ1n) is 8.21. The Morgan fingerprint density at radius 2 is 1.93 bits per heavy atom. The summed E-state index contributed by atoms with van der Waals surface area (Å²) in [6.07, 6.45) is 2.58. The summed E-state index contributed by atoms with van der Waals surface area (Å²) in [4.78, 5) is 8.60. The Morgan fingerprint density at radius 1 is 1.19 bits per heavy atom. The molecule has 3 rings (SSSR count). The summed E-state index contributed by atoms with van der Waals surface area (Å²) in [5.74, 6) is -0.265. The Balaban J connectivity index is 1.44. The molecule has 0 atom stereocenters. The Labute approximate surface area is 171 Å². The number of thioether (sulfide) groups is 1. The van der Waals surface area contributed by atoms with Gasteiger partial charge in [0.15, 0.2) is 10.3 Å². The van der Waals surface area contributed by atoms with Crippen molar-refractivity contribution in [3.63, 3.8) is 0 Å². The summed E-state index contributed by atoms with van der Waals surface area (Å²) < 4.78 is 12.9. The van der Waals surface area contributed by atoms with Gasteiger partial charge in [0, 0.05) is 24.1 Å². The third-order valence-electron chi connectivity index (χ3n) is 3.65. The summed E-state index contributed by atoms with van der Waals surface area (Å²) >= 11 is 13.4. The first kappa shape index (κ1) is 19.7. The molecule has 0 radical (unpaired) electrons. The van der Waals surface area contributed by atoms with E-state index < -0.39 is 0 Å². The Bertz CT molecular complexity index is 910. The van der Waals surface area contributed by atoms with Crippen molar-refractivity contribution in [3.05, 3.63) is 75.8 Å². The van der Waals surface area contributed by atoms with Gasteiger partial charge in [0.25, 0.3) is 0 Å². The van der Waals surface area contributed by atoms with Gasteiger partial charge >= 0.3 is 0 Å². The first-order chi connectivity index (χ1) is 13.0. The summed E-state index contributed by atoms with van der Waals surface area (Å²) in [6.45, 7) is 2.71. The summed E-state index contributed by atoms with van der Waals surface area (Å²) in [6, 6.07) is 11.8. The molecule has 1 aliphatic heterocycles. The van der Waals surface area contributed by atoms with Crippen LogP contribution in [0.25, 0.3) is 0 Å². The van der Waals surface area contributed by atoms with Crippen molar-refractivity contribution in [3.8, 4) is 0 Å². The van der Waals surface area contributed by atoms with Crippen molar-refractivity contribution in [2.45, 2.75) is 13.3 Å². The molecule has 0 saturated carbocycles. The molecule has 27 heavy (non-hydrogen) atoms. The molecule has 0 bridgehead atoms. The van der Waals surface area contributed by atoms with Crippen LogP contribution in [0.4, 0.5) is 10.1 Å². The normalized spacial score (nSPS) is 15.3. The molecule has 4 nitrogen and oxygen atoms in total. The van der Waals surface area contributed by atoms with Crippen LogP contribution in [-0.4, -0.2) is 16.9 Å². The number of amidine groups is 2. The molecular weight excluding hydrogens is 406 g/mol. The number of aliphatic imine (C=N–C) groups is 2. The maximum atomic E-state index is 12.9. The van der Waals surface area contributed by atoms with Gasteiger partial charge in [-0.05, 0) is 67.1 Å². The molecule has 0 aromatic heterocycles. The van der Waals surface area contributed by atoms with Gasteiger partial charge in [0.2, 0.25) is 0 Å². The number of rotatable bonds is 6. The Kier molecular flexibility index (Phi) is 6.77. The largest absolute Gasteiger partial charge is 0.387 e. The van der Waals surface area contributed by atoms with Gasteiger partial charge in [-0.15, -0.1) is 0 Å². The second-order valence-electron chi connectivity index (χ2n) is 5.80. The van der Waals surface area contributed by atoms with Crippen LogP contribution in [0.2, 0.25) is 10.0 Å². The third-order valence-corrected chi connectivity index (χ3v) is 5.16. The van der Waals surface area contributed by atoms with Crippen molar-refractivity contribution < 1.29 is 4.39 Å². The molecule has 2 aromatic rings. The van der Waals surface area contributed by atoms with Crippen LogP contribution in [0.15, 0.2) is 64.3 Å². The average molecular weight is 423 g/mol. The number of benzene rings is 2. The van der Waals surface area contributed by atoms with E-state index in [0.29, 0.717) is 15.2 Å². The van der Waals surface area contributed by atoms with Gasteiger partial charge in [-0.25, -0.2) is 9.38 Å². The van der Waals surface area contributed by atoms with Gasteiger partial charge < -0.3 is 10.6 Å². The fourth-order valence-electron chi connectivity index (χ4n) is 2.24. The molecule has 1 aliphatic rings. The predicted octanol–water partition coefficient (Wildman–Crippen LogP) is 5.70. The summed E-state index contributed by atoms with van der Waals surface area (Å²) in [5, 5.41) is 8.92. The number of nitrogens with zero attached hydrogens (tertiary/aromatic N) is 2. The van der Waals surface area contributed by atoms with Crippen LogP contribution in [0, 0.1) is 5.82 Å². The summed E-state index contributed by atoms with van der Waals surface area (Å²) in [7, 11) is 0. The number of hydrogen-bond acceptors (Lipinski definition) is 4. The quantitative estimate of drug-likeness (QED) is 0.627. The van der Waals surface area contributed by atoms with Crippen LogP contribution >= 0.6 is 35.0 Å². The van der Waals surface area contributed by atoms with Gasteiger partial charge in [-0.3, -0.25) is 0 Å². The lowest BCUT2D eigenvalue weighted by Crippen LogP contribution is -2.19. The fourth-order valence-corrected chi connectivity index (χ4v) is 3.15. The molecule has 2 aromatic carbocycles. The van der Waals surface area contributed by atoms with Crippen LogP contribution in [0.1, 0.15) is 12.5 Å². The number of anilines is 1. The third kappa shape index (κ3) is 5.99. The highest BCUT2D eigenvalue weighted by Crippen LogP contribution is 2.23. The van der Waals surface area contributed by atoms with Gasteiger partial charge in [0.1, 0.15) is 5.82 Å². The molecule has 0 unspecified atom stereocenters. The van der Waals surface area contributed by atoms with E-state index in [4.69, 9.17) is 23.2 Å². The Morgan fingerprint density at radius 3 is 2.63 bits per heavy atom. The van der Waals surface area contributed by atoms with E-state index in [1.807, 2.05) is 19.1 Å². The van der Waals surface area contributed by atoms with Crippen LogP contribution in [0.5, 0.6) is 0 Å². The molecule has 0 amide bonds. The molecule has 0 saturated heterocycles. The molecule has 0 fully saturated rings.